The third-order valence-electron chi connectivity index (χ3n) is 4.63. The average molecular weight is 238 g/mol. The Balaban J connectivity index is 1.58. The molecule has 0 aromatic carbocycles. The summed E-state index contributed by atoms with van der Waals surface area (Å²) in [4.78, 5) is 2.48. The van der Waals surface area contributed by atoms with E-state index in [0.29, 0.717) is 0 Å². The van der Waals surface area contributed by atoms with Gasteiger partial charge in [0, 0.05) is 6.54 Å². The Hall–Kier alpha value is -0.0800. The van der Waals surface area contributed by atoms with Crippen LogP contribution in [0.2, 0.25) is 0 Å². The van der Waals surface area contributed by atoms with Crippen molar-refractivity contribution in [3.63, 3.8) is 0 Å². The standard InChI is InChI=1S/C15H30N2/c1-13-5-3-6-14(9-13)10-16-11-15-7-4-8-17(2)12-15/h13-16H,3-12H2,1-2H3. The van der Waals surface area contributed by atoms with Gasteiger partial charge in [-0.2, -0.15) is 0 Å². The van der Waals surface area contributed by atoms with Crippen LogP contribution in [0.15, 0.2) is 0 Å². The summed E-state index contributed by atoms with van der Waals surface area (Å²) in [5, 5.41) is 3.74. The summed E-state index contributed by atoms with van der Waals surface area (Å²) >= 11 is 0. The number of piperidine rings is 1. The highest BCUT2D eigenvalue weighted by atomic mass is 15.1. The molecular formula is C15H30N2. The zero-order valence-electron chi connectivity index (χ0n) is 11.8. The quantitative estimate of drug-likeness (QED) is 0.810. The molecule has 1 aliphatic heterocycles. The van der Waals surface area contributed by atoms with Crippen molar-refractivity contribution in [3.8, 4) is 0 Å². The molecule has 0 radical (unpaired) electrons. The lowest BCUT2D eigenvalue weighted by Crippen LogP contribution is -2.38. The van der Waals surface area contributed by atoms with Crippen molar-refractivity contribution in [2.24, 2.45) is 17.8 Å². The van der Waals surface area contributed by atoms with Crippen LogP contribution in [0.3, 0.4) is 0 Å². The highest BCUT2D eigenvalue weighted by Gasteiger charge is 2.20. The van der Waals surface area contributed by atoms with E-state index >= 15 is 0 Å². The maximum atomic E-state index is 3.74. The van der Waals surface area contributed by atoms with Gasteiger partial charge in [0.05, 0.1) is 0 Å². The van der Waals surface area contributed by atoms with Gasteiger partial charge in [0.1, 0.15) is 0 Å². The molecule has 100 valence electrons. The topological polar surface area (TPSA) is 15.3 Å². The molecule has 3 unspecified atom stereocenters. The molecule has 1 N–H and O–H groups in total. The summed E-state index contributed by atoms with van der Waals surface area (Å²) < 4.78 is 0. The van der Waals surface area contributed by atoms with Gasteiger partial charge in [0.15, 0.2) is 0 Å². The largest absolute Gasteiger partial charge is 0.316 e. The van der Waals surface area contributed by atoms with Crippen LogP contribution in [-0.2, 0) is 0 Å². The molecule has 0 aromatic rings. The Morgan fingerprint density at radius 3 is 2.59 bits per heavy atom. The molecule has 2 rings (SSSR count). The van der Waals surface area contributed by atoms with Crippen molar-refractivity contribution in [1.82, 2.24) is 10.2 Å². The molecule has 2 fully saturated rings. The molecule has 0 amide bonds. The van der Waals surface area contributed by atoms with Gasteiger partial charge in [-0.05, 0) is 70.1 Å². The molecule has 1 aliphatic carbocycles. The Morgan fingerprint density at radius 2 is 1.82 bits per heavy atom. The van der Waals surface area contributed by atoms with Crippen LogP contribution in [0.4, 0.5) is 0 Å². The maximum absolute atomic E-state index is 3.74. The smallest absolute Gasteiger partial charge is 0.00187 e. The summed E-state index contributed by atoms with van der Waals surface area (Å²) in [5.74, 6) is 2.83. The summed E-state index contributed by atoms with van der Waals surface area (Å²) in [5.41, 5.74) is 0. The number of hydrogen-bond acceptors (Lipinski definition) is 2. The summed E-state index contributed by atoms with van der Waals surface area (Å²) in [6, 6.07) is 0. The van der Waals surface area contributed by atoms with Gasteiger partial charge >= 0.3 is 0 Å². The van der Waals surface area contributed by atoms with Gasteiger partial charge in [-0.3, -0.25) is 0 Å². The minimum absolute atomic E-state index is 0.898. The number of nitrogens with zero attached hydrogens (tertiary/aromatic N) is 1. The average Bonchev–Trinajstić information content (AvgIpc) is 2.29. The first-order valence-electron chi connectivity index (χ1n) is 7.63. The summed E-state index contributed by atoms with van der Waals surface area (Å²) in [6.45, 7) is 7.53. The van der Waals surface area contributed by atoms with Gasteiger partial charge in [-0.15, -0.1) is 0 Å². The molecule has 0 spiro atoms. The SMILES string of the molecule is CC1CCCC(CNCC2CCCN(C)C2)C1. The number of nitrogens with one attached hydrogen (secondary N) is 1. The van der Waals surface area contributed by atoms with E-state index in [4.69, 9.17) is 0 Å². The molecule has 1 saturated heterocycles. The third kappa shape index (κ3) is 4.59. The second kappa shape index (κ2) is 6.75. The predicted molar refractivity (Wildman–Crippen MR) is 74.2 cm³/mol. The van der Waals surface area contributed by atoms with Crippen LogP contribution in [-0.4, -0.2) is 38.1 Å². The second-order valence-corrected chi connectivity index (χ2v) is 6.57. The Morgan fingerprint density at radius 1 is 1.06 bits per heavy atom. The van der Waals surface area contributed by atoms with Crippen molar-refractivity contribution in [2.75, 3.05) is 33.2 Å². The van der Waals surface area contributed by atoms with Gasteiger partial charge in [0.25, 0.3) is 0 Å². The highest BCUT2D eigenvalue weighted by Crippen LogP contribution is 2.28. The van der Waals surface area contributed by atoms with Crippen LogP contribution in [0.5, 0.6) is 0 Å². The molecule has 2 heteroatoms. The van der Waals surface area contributed by atoms with Crippen LogP contribution < -0.4 is 5.32 Å². The fraction of sp³-hybridized carbons (Fsp3) is 1.00. The van der Waals surface area contributed by atoms with Crippen LogP contribution in [0.25, 0.3) is 0 Å². The Kier molecular flexibility index (Phi) is 5.30. The van der Waals surface area contributed by atoms with Crippen molar-refractivity contribution in [2.45, 2.75) is 45.4 Å². The monoisotopic (exact) mass is 238 g/mol. The highest BCUT2D eigenvalue weighted by molar-refractivity contribution is 4.75. The fourth-order valence-corrected chi connectivity index (χ4v) is 3.68. The first-order chi connectivity index (χ1) is 8.24. The van der Waals surface area contributed by atoms with Crippen LogP contribution in [0.1, 0.15) is 45.4 Å². The van der Waals surface area contributed by atoms with Crippen molar-refractivity contribution < 1.29 is 0 Å². The minimum atomic E-state index is 0.898. The van der Waals surface area contributed by atoms with E-state index in [1.807, 2.05) is 0 Å². The van der Waals surface area contributed by atoms with E-state index in [1.165, 1.54) is 64.7 Å². The van der Waals surface area contributed by atoms with E-state index in [0.717, 1.165) is 17.8 Å². The number of rotatable bonds is 4. The van der Waals surface area contributed by atoms with E-state index in [2.05, 4.69) is 24.2 Å². The third-order valence-corrected chi connectivity index (χ3v) is 4.63. The summed E-state index contributed by atoms with van der Waals surface area (Å²) in [6.07, 6.45) is 8.66. The molecular weight excluding hydrogens is 208 g/mol. The molecule has 2 aliphatic rings. The first-order valence-corrected chi connectivity index (χ1v) is 7.63. The Bertz CT molecular complexity index is 195. The molecule has 0 bridgehead atoms. The first kappa shape index (κ1) is 13.4. The van der Waals surface area contributed by atoms with E-state index in [-0.39, 0.29) is 0 Å². The lowest BCUT2D eigenvalue weighted by molar-refractivity contribution is 0.200. The van der Waals surface area contributed by atoms with Crippen LogP contribution >= 0.6 is 0 Å². The maximum Gasteiger partial charge on any atom is 0.00187 e. The van der Waals surface area contributed by atoms with Gasteiger partial charge in [-0.25, -0.2) is 0 Å². The van der Waals surface area contributed by atoms with Crippen molar-refractivity contribution in [3.05, 3.63) is 0 Å². The van der Waals surface area contributed by atoms with E-state index in [1.54, 1.807) is 0 Å². The molecule has 17 heavy (non-hydrogen) atoms. The molecule has 1 saturated carbocycles. The fourth-order valence-electron chi connectivity index (χ4n) is 3.68. The van der Waals surface area contributed by atoms with Gasteiger partial charge < -0.3 is 10.2 Å². The normalized spacial score (nSPS) is 36.0. The lowest BCUT2D eigenvalue weighted by atomic mass is 9.82. The molecule has 2 nitrogen and oxygen atoms in total. The number of likely N-dealkylation sites (tertiary alicyclic amines) is 1. The predicted octanol–water partition coefficient (Wildman–Crippen LogP) is 2.74. The minimum Gasteiger partial charge on any atom is -0.316 e. The second-order valence-electron chi connectivity index (χ2n) is 6.57. The van der Waals surface area contributed by atoms with Crippen LogP contribution in [0, 0.1) is 17.8 Å². The number of hydrogen-bond donors (Lipinski definition) is 1. The molecule has 3 atom stereocenters. The molecule has 1 heterocycles. The lowest BCUT2D eigenvalue weighted by Gasteiger charge is -2.31. The van der Waals surface area contributed by atoms with Crippen molar-refractivity contribution in [1.29, 1.82) is 0 Å². The zero-order chi connectivity index (χ0) is 12.1. The Labute approximate surface area is 107 Å². The van der Waals surface area contributed by atoms with Gasteiger partial charge in [0.2, 0.25) is 0 Å². The van der Waals surface area contributed by atoms with E-state index in [9.17, 15) is 0 Å². The summed E-state index contributed by atoms with van der Waals surface area (Å²) in [7, 11) is 2.26. The van der Waals surface area contributed by atoms with Gasteiger partial charge in [-0.1, -0.05) is 19.8 Å². The van der Waals surface area contributed by atoms with Crippen molar-refractivity contribution >= 4 is 0 Å². The zero-order valence-corrected chi connectivity index (χ0v) is 11.8. The molecule has 0 aromatic heterocycles. The van der Waals surface area contributed by atoms with E-state index < -0.39 is 0 Å².